The minimum atomic E-state index is -0.429. The third kappa shape index (κ3) is 11.2. The zero-order chi connectivity index (χ0) is 35.4. The van der Waals surface area contributed by atoms with Crippen LogP contribution >= 0.6 is 34.8 Å². The third-order valence-electron chi connectivity index (χ3n) is 10.2. The quantitative estimate of drug-likeness (QED) is 0.212. The van der Waals surface area contributed by atoms with Gasteiger partial charge in [-0.25, -0.2) is 0 Å². The number of benzene rings is 2. The molecule has 6 rings (SSSR count). The van der Waals surface area contributed by atoms with Gasteiger partial charge in [0.1, 0.15) is 0 Å². The van der Waals surface area contributed by atoms with Gasteiger partial charge in [0.2, 0.25) is 11.1 Å². The Labute approximate surface area is 320 Å². The molecule has 8 nitrogen and oxygen atoms in total. The maximum atomic E-state index is 13.3. The van der Waals surface area contributed by atoms with Crippen LogP contribution in [0.1, 0.15) is 104 Å². The number of rotatable bonds is 8. The number of carbonyl (C=O) groups is 4. The second-order valence-electron chi connectivity index (χ2n) is 13.3. The Morgan fingerprint density at radius 3 is 1.61 bits per heavy atom. The molecule has 0 spiro atoms. The van der Waals surface area contributed by atoms with Gasteiger partial charge < -0.3 is 19.7 Å². The van der Waals surface area contributed by atoms with Gasteiger partial charge >= 0.3 is 11.9 Å². The molecule has 4 fully saturated rings. The van der Waals surface area contributed by atoms with E-state index in [0.717, 1.165) is 95.0 Å². The second kappa shape index (κ2) is 21.2. The van der Waals surface area contributed by atoms with Gasteiger partial charge in [-0.15, -0.1) is 0 Å². The van der Waals surface area contributed by atoms with Gasteiger partial charge in [0.25, 0.3) is 0 Å². The van der Waals surface area contributed by atoms with Crippen molar-refractivity contribution in [2.75, 3.05) is 39.4 Å². The Morgan fingerprint density at radius 2 is 1.20 bits per heavy atom. The third-order valence-corrected chi connectivity index (χ3v) is 11.1. The minimum absolute atomic E-state index is 0. The number of hydrogen-bond donors (Lipinski definition) is 1. The molecule has 1 N–H and O–H groups in total. The van der Waals surface area contributed by atoms with E-state index in [4.69, 9.17) is 44.3 Å². The van der Waals surface area contributed by atoms with E-state index in [-0.39, 0.29) is 49.8 Å². The second-order valence-corrected chi connectivity index (χ2v) is 14.5. The van der Waals surface area contributed by atoms with Crippen molar-refractivity contribution in [2.45, 2.75) is 104 Å². The first-order chi connectivity index (χ1) is 23.6. The van der Waals surface area contributed by atoms with E-state index in [0.29, 0.717) is 29.8 Å². The van der Waals surface area contributed by atoms with Gasteiger partial charge in [-0.05, 0) is 119 Å². The molecule has 2 atom stereocenters. The summed E-state index contributed by atoms with van der Waals surface area (Å²) < 4.78 is 10.0. The Hall–Kier alpha value is -2.65. The van der Waals surface area contributed by atoms with E-state index >= 15 is 0 Å². The van der Waals surface area contributed by atoms with Crippen LogP contribution in [0.15, 0.2) is 48.5 Å². The zero-order valence-electron chi connectivity index (χ0n) is 28.6. The van der Waals surface area contributed by atoms with Crippen LogP contribution in [0.25, 0.3) is 0 Å². The predicted molar refractivity (Wildman–Crippen MR) is 206 cm³/mol. The van der Waals surface area contributed by atoms with Gasteiger partial charge in [0, 0.05) is 29.7 Å². The summed E-state index contributed by atoms with van der Waals surface area (Å²) in [6.45, 7) is 7.57. The number of likely N-dealkylation sites (tertiary alicyclic amines) is 1. The lowest BCUT2D eigenvalue weighted by molar-refractivity contribution is -0.153. The van der Waals surface area contributed by atoms with Gasteiger partial charge in [-0.2, -0.15) is 0 Å². The molecule has 1 amide bonds. The Kier molecular flexibility index (Phi) is 18.5. The van der Waals surface area contributed by atoms with Gasteiger partial charge in [-0.3, -0.25) is 19.2 Å². The molecule has 2 aliphatic carbocycles. The van der Waals surface area contributed by atoms with E-state index in [1.54, 1.807) is 12.1 Å². The SMILES string of the molecule is C.C.CCOC(=O)[C@@H]1CCCN(C(=O)C2(c3ccc(Cl)cc3)CCC2)C1.CCOC(=O)[C@@H]1CCCNC1.O=C(Cl)C1(c2ccc(Cl)cc2)CCC1. The maximum absolute atomic E-state index is 13.3. The standard InChI is InChI=1S/C19H24ClNO3.C11H10Cl2O.C8H15NO2.2CH4/c1-2-24-17(22)14-5-3-12-21(13-14)18(23)19(10-4-11-19)15-6-8-16(20)9-7-15;12-9-4-2-8(3-5-9)11(10(13)14)6-1-7-11;1-2-11-8(10)7-4-3-5-9-6-7;;/h6-9,14H,2-5,10-13H2,1H3;2-5H,1,6-7H2;7,9H,2-6H2,1H3;2*1H4/t14-;;7-;;/m1.1../s1. The number of nitrogens with one attached hydrogen (secondary N) is 1. The van der Waals surface area contributed by atoms with Crippen molar-refractivity contribution in [1.82, 2.24) is 10.2 Å². The van der Waals surface area contributed by atoms with E-state index in [9.17, 15) is 19.2 Å². The van der Waals surface area contributed by atoms with Crippen molar-refractivity contribution in [3.63, 3.8) is 0 Å². The monoisotopic (exact) mass is 766 g/mol. The topological polar surface area (TPSA) is 102 Å². The summed E-state index contributed by atoms with van der Waals surface area (Å²) in [4.78, 5) is 49.7. The normalized spacial score (nSPS) is 21.1. The van der Waals surface area contributed by atoms with E-state index < -0.39 is 10.8 Å². The summed E-state index contributed by atoms with van der Waals surface area (Å²) in [5, 5.41) is 4.30. The predicted octanol–water partition coefficient (Wildman–Crippen LogP) is 8.91. The molecule has 284 valence electrons. The Bertz CT molecular complexity index is 1400. The average Bonchev–Trinajstić information content (AvgIpc) is 3.06. The molecule has 0 aromatic heterocycles. The van der Waals surface area contributed by atoms with Crippen LogP contribution in [0.5, 0.6) is 0 Å². The maximum Gasteiger partial charge on any atom is 0.310 e. The van der Waals surface area contributed by atoms with Crippen LogP contribution in [0, 0.1) is 11.8 Å². The van der Waals surface area contributed by atoms with Crippen molar-refractivity contribution in [2.24, 2.45) is 11.8 Å². The van der Waals surface area contributed by atoms with Gasteiger partial charge in [-0.1, -0.05) is 75.2 Å². The number of ether oxygens (including phenoxy) is 2. The first-order valence-corrected chi connectivity index (χ1v) is 18.7. The van der Waals surface area contributed by atoms with Crippen LogP contribution in [0.3, 0.4) is 0 Å². The first-order valence-electron chi connectivity index (χ1n) is 17.6. The number of halogens is 3. The van der Waals surface area contributed by atoms with Crippen molar-refractivity contribution in [3.05, 3.63) is 69.7 Å². The van der Waals surface area contributed by atoms with Gasteiger partial charge in [0.15, 0.2) is 0 Å². The van der Waals surface area contributed by atoms with Crippen LogP contribution in [0.4, 0.5) is 0 Å². The minimum Gasteiger partial charge on any atom is -0.466 e. The summed E-state index contributed by atoms with van der Waals surface area (Å²) >= 11 is 17.4. The average molecular weight is 768 g/mol. The van der Waals surface area contributed by atoms with Crippen LogP contribution in [0.2, 0.25) is 10.0 Å². The smallest absolute Gasteiger partial charge is 0.310 e. The fourth-order valence-corrected chi connectivity index (χ4v) is 7.60. The molecule has 2 aromatic rings. The van der Waals surface area contributed by atoms with Crippen molar-refractivity contribution in [3.8, 4) is 0 Å². The molecule has 2 saturated heterocycles. The van der Waals surface area contributed by atoms with Crippen molar-refractivity contribution in [1.29, 1.82) is 0 Å². The highest BCUT2D eigenvalue weighted by Crippen LogP contribution is 2.47. The molecular weight excluding hydrogens is 711 g/mol. The number of piperidine rings is 2. The molecular formula is C40H57Cl3N2O6. The molecule has 4 aliphatic rings. The fourth-order valence-electron chi connectivity index (χ4n) is 7.05. The summed E-state index contributed by atoms with van der Waals surface area (Å²) in [6, 6.07) is 15.0. The number of esters is 2. The highest BCUT2D eigenvalue weighted by Gasteiger charge is 2.48. The number of hydrogen-bond acceptors (Lipinski definition) is 7. The number of carbonyl (C=O) groups excluding carboxylic acids is 4. The van der Waals surface area contributed by atoms with Crippen LogP contribution < -0.4 is 5.32 Å². The lowest BCUT2D eigenvalue weighted by Crippen LogP contribution is -2.54. The van der Waals surface area contributed by atoms with Crippen LogP contribution in [-0.4, -0.2) is 67.4 Å². The molecule has 0 bridgehead atoms. The summed E-state index contributed by atoms with van der Waals surface area (Å²) in [7, 11) is 0. The largest absolute Gasteiger partial charge is 0.466 e. The van der Waals surface area contributed by atoms with Gasteiger partial charge in [0.05, 0.1) is 35.9 Å². The Morgan fingerprint density at radius 1 is 0.725 bits per heavy atom. The zero-order valence-corrected chi connectivity index (χ0v) is 30.9. The summed E-state index contributed by atoms with van der Waals surface area (Å²) in [5.41, 5.74) is 1.18. The molecule has 2 aliphatic heterocycles. The Balaban J connectivity index is 0.000000285. The summed E-state index contributed by atoms with van der Waals surface area (Å²) in [5.74, 6) is -0.150. The molecule has 0 unspecified atom stereocenters. The molecule has 2 heterocycles. The van der Waals surface area contributed by atoms with E-state index in [2.05, 4.69) is 5.32 Å². The fraction of sp³-hybridized carbons (Fsp3) is 0.600. The first kappa shape index (κ1) is 44.5. The molecule has 2 aromatic carbocycles. The van der Waals surface area contributed by atoms with Crippen molar-refractivity contribution < 1.29 is 28.7 Å². The van der Waals surface area contributed by atoms with Crippen LogP contribution in [-0.2, 0) is 39.5 Å². The molecule has 0 radical (unpaired) electrons. The van der Waals surface area contributed by atoms with E-state index in [1.807, 2.05) is 55.1 Å². The lowest BCUT2D eigenvalue weighted by Gasteiger charge is -2.45. The molecule has 11 heteroatoms. The highest BCUT2D eigenvalue weighted by atomic mass is 35.5. The molecule has 2 saturated carbocycles. The highest BCUT2D eigenvalue weighted by molar-refractivity contribution is 6.65. The lowest BCUT2D eigenvalue weighted by atomic mass is 9.63. The van der Waals surface area contributed by atoms with Crippen molar-refractivity contribution >= 4 is 57.9 Å². The summed E-state index contributed by atoms with van der Waals surface area (Å²) in [6.07, 6.45) is 9.30. The number of nitrogens with zero attached hydrogens (tertiary/aromatic N) is 1. The number of amides is 1. The van der Waals surface area contributed by atoms with E-state index in [1.165, 1.54) is 0 Å². The molecule has 51 heavy (non-hydrogen) atoms.